The fraction of sp³-hybridized carbons (Fsp3) is 0.243. The first-order valence-corrected chi connectivity index (χ1v) is 15.5. The van der Waals surface area contributed by atoms with Crippen molar-refractivity contribution < 1.29 is 29.5 Å². The van der Waals surface area contributed by atoms with Gasteiger partial charge >= 0.3 is 0 Å². The Bertz CT molecular complexity index is 1990. The quantitative estimate of drug-likeness (QED) is 0.164. The summed E-state index contributed by atoms with van der Waals surface area (Å²) >= 11 is 0. The van der Waals surface area contributed by atoms with Crippen LogP contribution in [0.1, 0.15) is 35.4 Å². The Balaban J connectivity index is 1.42. The van der Waals surface area contributed by atoms with Crippen LogP contribution >= 0.6 is 0 Å². The van der Waals surface area contributed by atoms with E-state index in [1.54, 1.807) is 18.2 Å². The van der Waals surface area contributed by atoms with Gasteiger partial charge in [0.05, 0.1) is 28.9 Å². The molecule has 46 heavy (non-hydrogen) atoms. The van der Waals surface area contributed by atoms with Gasteiger partial charge in [0.15, 0.2) is 0 Å². The van der Waals surface area contributed by atoms with Gasteiger partial charge in [-0.05, 0) is 60.2 Å². The molecule has 2 aliphatic carbocycles. The van der Waals surface area contributed by atoms with E-state index in [-0.39, 0.29) is 23.7 Å². The Morgan fingerprint density at radius 1 is 0.804 bits per heavy atom. The van der Waals surface area contributed by atoms with Crippen molar-refractivity contribution in [2.45, 2.75) is 31.1 Å². The number of allylic oxidation sites excluding steroid dienone is 2. The molecule has 0 bridgehead atoms. The number of aromatic hydroxyl groups is 1. The van der Waals surface area contributed by atoms with Gasteiger partial charge in [-0.15, -0.1) is 0 Å². The van der Waals surface area contributed by atoms with Crippen molar-refractivity contribution in [3.63, 3.8) is 0 Å². The number of aryl methyl sites for hydroxylation is 1. The van der Waals surface area contributed by atoms with Crippen LogP contribution in [0, 0.1) is 30.6 Å². The fourth-order valence-corrected chi connectivity index (χ4v) is 8.63. The Labute approximate surface area is 264 Å². The van der Waals surface area contributed by atoms with Crippen molar-refractivity contribution in [2.75, 3.05) is 5.43 Å². The summed E-state index contributed by atoms with van der Waals surface area (Å²) < 4.78 is 0. The molecule has 2 saturated heterocycles. The lowest BCUT2D eigenvalue weighted by molar-refractivity contribution is -0.173. The summed E-state index contributed by atoms with van der Waals surface area (Å²) in [4.78, 5) is 56.3. The number of amides is 4. The van der Waals surface area contributed by atoms with Crippen molar-refractivity contribution in [2.24, 2.45) is 23.7 Å². The minimum absolute atomic E-state index is 0.0377. The molecule has 230 valence electrons. The molecule has 8 rings (SSSR count). The largest absolute Gasteiger partial charge is 0.508 e. The molecule has 0 aromatic heterocycles. The van der Waals surface area contributed by atoms with Gasteiger partial charge in [-0.25, -0.2) is 0 Å². The number of benzene rings is 4. The molecule has 0 radical (unpaired) electrons. The van der Waals surface area contributed by atoms with E-state index < -0.39 is 58.6 Å². The Kier molecular flexibility index (Phi) is 6.20. The molecule has 4 aromatic rings. The smallest absolute Gasteiger partial charge is 0.260 e. The highest BCUT2D eigenvalue weighted by molar-refractivity contribution is 6.13. The molecular formula is C37H31N3O6. The number of hydroxylamine groups is 2. The van der Waals surface area contributed by atoms with E-state index in [0.29, 0.717) is 27.8 Å². The van der Waals surface area contributed by atoms with Gasteiger partial charge in [0.1, 0.15) is 5.75 Å². The van der Waals surface area contributed by atoms with Crippen LogP contribution in [0.25, 0.3) is 10.8 Å². The first kappa shape index (κ1) is 28.2. The zero-order valence-electron chi connectivity index (χ0n) is 25.0. The molecule has 0 spiro atoms. The molecule has 0 unspecified atom stereocenters. The molecule has 6 atom stereocenters. The lowest BCUT2D eigenvalue weighted by atomic mass is 9.48. The lowest BCUT2D eigenvalue weighted by Crippen LogP contribution is -2.53. The summed E-state index contributed by atoms with van der Waals surface area (Å²) in [7, 11) is 0. The molecule has 3 fully saturated rings. The van der Waals surface area contributed by atoms with Gasteiger partial charge in [0.2, 0.25) is 0 Å². The number of hydrogen-bond acceptors (Lipinski definition) is 7. The van der Waals surface area contributed by atoms with Gasteiger partial charge in [-0.1, -0.05) is 90.0 Å². The molecule has 2 heterocycles. The summed E-state index contributed by atoms with van der Waals surface area (Å²) in [6.07, 6.45) is 2.19. The maximum atomic E-state index is 15.2. The molecule has 9 heteroatoms. The number of anilines is 1. The second-order valence-corrected chi connectivity index (χ2v) is 12.8. The van der Waals surface area contributed by atoms with Gasteiger partial charge in [0, 0.05) is 11.5 Å². The molecule has 3 N–H and O–H groups in total. The number of phenolic OH excluding ortho intramolecular Hbond substituents is 1. The number of rotatable bonds is 4. The van der Waals surface area contributed by atoms with E-state index in [2.05, 4.69) is 5.43 Å². The van der Waals surface area contributed by atoms with Gasteiger partial charge in [-0.2, -0.15) is 10.1 Å². The lowest BCUT2D eigenvalue weighted by Gasteiger charge is -2.50. The summed E-state index contributed by atoms with van der Waals surface area (Å²) in [5.41, 5.74) is 4.96. The normalized spacial score (nSPS) is 28.7. The minimum Gasteiger partial charge on any atom is -0.508 e. The van der Waals surface area contributed by atoms with Crippen molar-refractivity contribution in [1.29, 1.82) is 0 Å². The highest BCUT2D eigenvalue weighted by atomic mass is 16.5. The highest BCUT2D eigenvalue weighted by Gasteiger charge is 2.70. The number of fused-ring (bicyclic) bond motifs is 5. The van der Waals surface area contributed by atoms with Gasteiger partial charge in [-0.3, -0.25) is 29.8 Å². The SMILES string of the molecule is Cc1ccc(NN2C(=O)[C@@H]3C[C@@H]4C(=CC[C@@H]5C(=O)N(O)C(=O)[C@@H]54)[C@H](c4c(O)ccc5ccccc45)[C@]3(c3ccccc3)C2=O)cc1. The van der Waals surface area contributed by atoms with Crippen LogP contribution in [-0.4, -0.2) is 44.0 Å². The van der Waals surface area contributed by atoms with Crippen LogP contribution in [0.15, 0.2) is 103 Å². The van der Waals surface area contributed by atoms with E-state index in [1.807, 2.05) is 85.8 Å². The second kappa shape index (κ2) is 10.1. The van der Waals surface area contributed by atoms with E-state index in [1.165, 1.54) is 0 Å². The molecular weight excluding hydrogens is 582 g/mol. The standard InChI is InChI=1S/C37H31N3O6/c1-20-11-14-23(15-12-20)38-39-34(43)28-19-27-25(16-17-26-30(27)35(44)40(46)33(26)42)32(37(28,36(39)45)22-8-3-2-4-9-22)31-24-10-6-5-7-21(24)13-18-29(31)41/h2-16,18,26-28,30,32,38,41,46H,17,19H2,1H3/t26-,27+,28-,30-,32+,37+/m0/s1. The molecule has 9 nitrogen and oxygen atoms in total. The minimum atomic E-state index is -1.50. The molecule has 2 aliphatic heterocycles. The van der Waals surface area contributed by atoms with Crippen LogP contribution in [0.2, 0.25) is 0 Å². The van der Waals surface area contributed by atoms with Gasteiger partial charge in [0.25, 0.3) is 23.6 Å². The number of carbonyl (C=O) groups is 4. The Morgan fingerprint density at radius 3 is 2.28 bits per heavy atom. The fourth-order valence-electron chi connectivity index (χ4n) is 8.63. The zero-order valence-corrected chi connectivity index (χ0v) is 25.0. The summed E-state index contributed by atoms with van der Waals surface area (Å²) in [5.74, 6) is -6.46. The number of phenols is 1. The molecule has 4 aromatic carbocycles. The Morgan fingerprint density at radius 2 is 1.52 bits per heavy atom. The predicted octanol–water partition coefficient (Wildman–Crippen LogP) is 5.23. The average molecular weight is 614 g/mol. The van der Waals surface area contributed by atoms with Crippen LogP contribution in [0.3, 0.4) is 0 Å². The van der Waals surface area contributed by atoms with Crippen molar-refractivity contribution in [3.8, 4) is 5.75 Å². The number of nitrogens with zero attached hydrogens (tertiary/aromatic N) is 2. The van der Waals surface area contributed by atoms with Crippen LogP contribution in [0.5, 0.6) is 5.75 Å². The monoisotopic (exact) mass is 613 g/mol. The summed E-state index contributed by atoms with van der Waals surface area (Å²) in [6, 6.07) is 27.5. The van der Waals surface area contributed by atoms with Gasteiger partial charge < -0.3 is 5.11 Å². The first-order chi connectivity index (χ1) is 22.2. The summed E-state index contributed by atoms with van der Waals surface area (Å²) in [5, 5.41) is 25.0. The van der Waals surface area contributed by atoms with Crippen molar-refractivity contribution >= 4 is 40.1 Å². The van der Waals surface area contributed by atoms with Crippen LogP contribution in [-0.2, 0) is 24.6 Å². The second-order valence-electron chi connectivity index (χ2n) is 12.8. The molecule has 1 saturated carbocycles. The van der Waals surface area contributed by atoms with Crippen LogP contribution < -0.4 is 5.43 Å². The Hall–Kier alpha value is -5.28. The first-order valence-electron chi connectivity index (χ1n) is 15.5. The zero-order chi connectivity index (χ0) is 31.9. The third-order valence-electron chi connectivity index (χ3n) is 10.6. The maximum absolute atomic E-state index is 15.2. The highest BCUT2D eigenvalue weighted by Crippen LogP contribution is 2.65. The number of imide groups is 2. The van der Waals surface area contributed by atoms with E-state index in [4.69, 9.17) is 0 Å². The van der Waals surface area contributed by atoms with E-state index in [9.17, 15) is 24.7 Å². The third kappa shape index (κ3) is 3.72. The maximum Gasteiger partial charge on any atom is 0.260 e. The summed E-state index contributed by atoms with van der Waals surface area (Å²) in [6.45, 7) is 1.95. The average Bonchev–Trinajstić information content (AvgIpc) is 3.43. The number of hydrogen-bond donors (Lipinski definition) is 3. The molecule has 4 aliphatic rings. The van der Waals surface area contributed by atoms with Crippen LogP contribution in [0.4, 0.5) is 5.69 Å². The number of carbonyl (C=O) groups excluding carboxylic acids is 4. The van der Waals surface area contributed by atoms with Crippen molar-refractivity contribution in [1.82, 2.24) is 10.1 Å². The van der Waals surface area contributed by atoms with E-state index >= 15 is 4.79 Å². The topological polar surface area (TPSA) is 127 Å². The van der Waals surface area contributed by atoms with E-state index in [0.717, 1.165) is 16.0 Å². The van der Waals surface area contributed by atoms with Crippen molar-refractivity contribution in [3.05, 3.63) is 119 Å². The number of nitrogens with one attached hydrogen (secondary N) is 1. The third-order valence-corrected chi connectivity index (χ3v) is 10.6. The number of hydrazine groups is 1. The molecule has 4 amide bonds. The predicted molar refractivity (Wildman–Crippen MR) is 168 cm³/mol.